The Morgan fingerprint density at radius 2 is 1.86 bits per heavy atom. The molecule has 3 heterocycles. The van der Waals surface area contributed by atoms with Gasteiger partial charge in [0.15, 0.2) is 0 Å². The smallest absolute Gasteiger partial charge is 0.254 e. The number of likely N-dealkylation sites (tertiary alicyclic amines) is 1. The monoisotopic (exact) mass is 381 g/mol. The van der Waals surface area contributed by atoms with Crippen molar-refractivity contribution < 1.29 is 4.79 Å². The number of hydrogen-bond donors (Lipinski definition) is 0. The van der Waals surface area contributed by atoms with Gasteiger partial charge in [0.1, 0.15) is 5.82 Å². The number of piperidine rings is 1. The standard InChI is InChI=1S/C22H31N5O/c1-16(2)25-10-12-26(13-11-25)21-15-23-19-8-7-18(14-20(19)24-21)22(28)27-9-5-4-6-17(27)3/h7-8,14-17H,4-6,9-13H2,1-3H3/t17-/m1/s1. The average molecular weight is 382 g/mol. The molecule has 2 aromatic rings. The zero-order chi connectivity index (χ0) is 19.7. The maximum atomic E-state index is 13.0. The molecule has 0 spiro atoms. The molecule has 2 aliphatic rings. The van der Waals surface area contributed by atoms with E-state index in [2.05, 4.69) is 35.6 Å². The molecule has 2 fully saturated rings. The zero-order valence-electron chi connectivity index (χ0n) is 17.3. The van der Waals surface area contributed by atoms with Crippen molar-refractivity contribution in [2.75, 3.05) is 37.6 Å². The quantitative estimate of drug-likeness (QED) is 0.817. The van der Waals surface area contributed by atoms with Gasteiger partial charge in [0.2, 0.25) is 0 Å². The minimum absolute atomic E-state index is 0.117. The lowest BCUT2D eigenvalue weighted by Crippen LogP contribution is -2.49. The number of anilines is 1. The van der Waals surface area contributed by atoms with Crippen molar-refractivity contribution in [3.05, 3.63) is 30.0 Å². The molecule has 0 N–H and O–H groups in total. The lowest BCUT2D eigenvalue weighted by atomic mass is 10.0. The van der Waals surface area contributed by atoms with Crippen LogP contribution in [0.3, 0.4) is 0 Å². The van der Waals surface area contributed by atoms with Crippen LogP contribution in [0.25, 0.3) is 11.0 Å². The van der Waals surface area contributed by atoms with Gasteiger partial charge in [-0.1, -0.05) is 0 Å². The molecule has 0 bridgehead atoms. The minimum atomic E-state index is 0.117. The van der Waals surface area contributed by atoms with Gasteiger partial charge in [-0.05, 0) is 58.2 Å². The summed E-state index contributed by atoms with van der Waals surface area (Å²) >= 11 is 0. The molecule has 0 aliphatic carbocycles. The van der Waals surface area contributed by atoms with Crippen LogP contribution in [-0.2, 0) is 0 Å². The summed E-state index contributed by atoms with van der Waals surface area (Å²) < 4.78 is 0. The molecular formula is C22H31N5O. The summed E-state index contributed by atoms with van der Waals surface area (Å²) in [5, 5.41) is 0. The van der Waals surface area contributed by atoms with Gasteiger partial charge >= 0.3 is 0 Å². The van der Waals surface area contributed by atoms with Gasteiger partial charge in [0.25, 0.3) is 5.91 Å². The molecule has 6 nitrogen and oxygen atoms in total. The van der Waals surface area contributed by atoms with Gasteiger partial charge < -0.3 is 9.80 Å². The highest BCUT2D eigenvalue weighted by molar-refractivity contribution is 5.97. The number of fused-ring (bicyclic) bond motifs is 1. The van der Waals surface area contributed by atoms with Crippen molar-refractivity contribution in [1.82, 2.24) is 19.8 Å². The number of benzene rings is 1. The fraction of sp³-hybridized carbons (Fsp3) is 0.591. The van der Waals surface area contributed by atoms with E-state index >= 15 is 0 Å². The van der Waals surface area contributed by atoms with Crippen molar-refractivity contribution in [3.8, 4) is 0 Å². The number of nitrogens with zero attached hydrogens (tertiary/aromatic N) is 5. The summed E-state index contributed by atoms with van der Waals surface area (Å²) in [6.07, 6.45) is 5.25. The predicted octanol–water partition coefficient (Wildman–Crippen LogP) is 3.17. The van der Waals surface area contributed by atoms with Crippen molar-refractivity contribution in [3.63, 3.8) is 0 Å². The fourth-order valence-corrected chi connectivity index (χ4v) is 4.32. The van der Waals surface area contributed by atoms with Crippen molar-refractivity contribution in [2.45, 2.75) is 52.1 Å². The Balaban J connectivity index is 1.55. The summed E-state index contributed by atoms with van der Waals surface area (Å²) in [7, 11) is 0. The molecule has 0 unspecified atom stereocenters. The van der Waals surface area contributed by atoms with E-state index in [-0.39, 0.29) is 5.91 Å². The fourth-order valence-electron chi connectivity index (χ4n) is 4.32. The van der Waals surface area contributed by atoms with Crippen LogP contribution in [0.2, 0.25) is 0 Å². The number of hydrogen-bond acceptors (Lipinski definition) is 5. The molecule has 1 amide bonds. The van der Waals surface area contributed by atoms with Gasteiger partial charge in [0.05, 0.1) is 17.2 Å². The zero-order valence-corrected chi connectivity index (χ0v) is 17.3. The molecule has 2 saturated heterocycles. The first-order valence-corrected chi connectivity index (χ1v) is 10.6. The van der Waals surface area contributed by atoms with Crippen LogP contribution in [0.15, 0.2) is 24.4 Å². The molecule has 2 aliphatic heterocycles. The molecule has 1 aromatic carbocycles. The van der Waals surface area contributed by atoms with Crippen molar-refractivity contribution in [2.24, 2.45) is 0 Å². The predicted molar refractivity (Wildman–Crippen MR) is 113 cm³/mol. The summed E-state index contributed by atoms with van der Waals surface area (Å²) in [6, 6.07) is 6.62. The highest BCUT2D eigenvalue weighted by Gasteiger charge is 2.25. The number of carbonyl (C=O) groups is 1. The Morgan fingerprint density at radius 3 is 2.57 bits per heavy atom. The Morgan fingerprint density at radius 1 is 1.07 bits per heavy atom. The number of piperazine rings is 1. The Kier molecular flexibility index (Phi) is 5.49. The van der Waals surface area contributed by atoms with Gasteiger partial charge in [-0.2, -0.15) is 0 Å². The number of carbonyl (C=O) groups excluding carboxylic acids is 1. The first kappa shape index (κ1) is 19.1. The van der Waals surface area contributed by atoms with E-state index in [9.17, 15) is 4.79 Å². The minimum Gasteiger partial charge on any atom is -0.353 e. The highest BCUT2D eigenvalue weighted by Crippen LogP contribution is 2.22. The number of aromatic nitrogens is 2. The van der Waals surface area contributed by atoms with Gasteiger partial charge in [-0.3, -0.25) is 14.7 Å². The van der Waals surface area contributed by atoms with Crippen LogP contribution in [0.1, 0.15) is 50.4 Å². The molecular weight excluding hydrogens is 350 g/mol. The van der Waals surface area contributed by atoms with E-state index in [1.54, 1.807) is 0 Å². The Bertz CT molecular complexity index is 844. The second kappa shape index (κ2) is 8.03. The van der Waals surface area contributed by atoms with E-state index in [0.29, 0.717) is 12.1 Å². The number of rotatable bonds is 3. The third-order valence-corrected chi connectivity index (χ3v) is 6.21. The van der Waals surface area contributed by atoms with Crippen LogP contribution in [0, 0.1) is 0 Å². The third kappa shape index (κ3) is 3.83. The van der Waals surface area contributed by atoms with E-state index < -0.39 is 0 Å². The molecule has 150 valence electrons. The Labute approximate surface area is 167 Å². The van der Waals surface area contributed by atoms with Crippen LogP contribution in [0.4, 0.5) is 5.82 Å². The van der Waals surface area contributed by atoms with Crippen molar-refractivity contribution >= 4 is 22.8 Å². The van der Waals surface area contributed by atoms with Gasteiger partial charge in [-0.15, -0.1) is 0 Å². The molecule has 1 aromatic heterocycles. The second-order valence-electron chi connectivity index (χ2n) is 8.39. The molecule has 4 rings (SSSR count). The van der Waals surface area contributed by atoms with Crippen LogP contribution in [0.5, 0.6) is 0 Å². The first-order chi connectivity index (χ1) is 13.5. The van der Waals surface area contributed by atoms with Crippen LogP contribution < -0.4 is 4.90 Å². The molecule has 28 heavy (non-hydrogen) atoms. The summed E-state index contributed by atoms with van der Waals surface area (Å²) in [4.78, 5) is 29.2. The van der Waals surface area contributed by atoms with E-state index in [0.717, 1.165) is 68.0 Å². The SMILES string of the molecule is CC(C)N1CCN(c2cnc3ccc(C(=O)N4CCCC[C@H]4C)cc3n2)CC1. The average Bonchev–Trinajstić information content (AvgIpc) is 2.73. The molecule has 0 saturated carbocycles. The Hall–Kier alpha value is -2.21. The topological polar surface area (TPSA) is 52.6 Å². The van der Waals surface area contributed by atoms with E-state index in [1.165, 1.54) is 6.42 Å². The highest BCUT2D eigenvalue weighted by atomic mass is 16.2. The van der Waals surface area contributed by atoms with Crippen molar-refractivity contribution in [1.29, 1.82) is 0 Å². The molecule has 1 atom stereocenters. The first-order valence-electron chi connectivity index (χ1n) is 10.6. The van der Waals surface area contributed by atoms with Gasteiger partial charge in [0, 0.05) is 50.4 Å². The summed E-state index contributed by atoms with van der Waals surface area (Å²) in [5.74, 6) is 1.03. The van der Waals surface area contributed by atoms with Crippen LogP contribution in [-0.4, -0.2) is 70.5 Å². The normalized spacial score (nSPS) is 21.5. The number of amides is 1. The summed E-state index contributed by atoms with van der Waals surface area (Å²) in [5.41, 5.74) is 2.37. The largest absolute Gasteiger partial charge is 0.353 e. The summed E-state index contributed by atoms with van der Waals surface area (Å²) in [6.45, 7) is 11.5. The molecule has 0 radical (unpaired) electrons. The lowest BCUT2D eigenvalue weighted by molar-refractivity contribution is 0.0636. The maximum absolute atomic E-state index is 13.0. The third-order valence-electron chi connectivity index (χ3n) is 6.21. The molecule has 6 heteroatoms. The maximum Gasteiger partial charge on any atom is 0.254 e. The van der Waals surface area contributed by atoms with Crippen LogP contribution >= 0.6 is 0 Å². The van der Waals surface area contributed by atoms with Gasteiger partial charge in [-0.25, -0.2) is 4.98 Å². The van der Waals surface area contributed by atoms with E-state index in [1.807, 2.05) is 29.3 Å². The van der Waals surface area contributed by atoms with E-state index in [4.69, 9.17) is 4.98 Å². The second-order valence-corrected chi connectivity index (χ2v) is 8.39. The lowest BCUT2D eigenvalue weighted by Gasteiger charge is -2.37.